The van der Waals surface area contributed by atoms with Gasteiger partial charge in [0.2, 0.25) is 0 Å². The van der Waals surface area contributed by atoms with Crippen LogP contribution in [0.3, 0.4) is 0 Å². The molecule has 1 aromatic rings. The van der Waals surface area contributed by atoms with Gasteiger partial charge in [-0.05, 0) is 55.5 Å². The number of likely N-dealkylation sites (N-methyl/N-ethyl adjacent to an activating group) is 1. The quantitative estimate of drug-likeness (QED) is 0.882. The van der Waals surface area contributed by atoms with Crippen molar-refractivity contribution in [2.24, 2.45) is 0 Å². The largest absolute Gasteiger partial charge is 0.315 e. The lowest BCUT2D eigenvalue weighted by Crippen LogP contribution is -2.45. The summed E-state index contributed by atoms with van der Waals surface area (Å²) in [5.41, 5.74) is 3.11. The summed E-state index contributed by atoms with van der Waals surface area (Å²) in [7, 11) is 2.11. The van der Waals surface area contributed by atoms with E-state index in [-0.39, 0.29) is 5.41 Å². The number of benzene rings is 1. The summed E-state index contributed by atoms with van der Waals surface area (Å²) in [4.78, 5) is 0. The van der Waals surface area contributed by atoms with Gasteiger partial charge in [-0.25, -0.2) is 0 Å². The lowest BCUT2D eigenvalue weighted by molar-refractivity contribution is 0.424. The van der Waals surface area contributed by atoms with Gasteiger partial charge >= 0.3 is 0 Å². The van der Waals surface area contributed by atoms with Crippen molar-refractivity contribution in [1.82, 2.24) is 5.32 Å². The van der Waals surface area contributed by atoms with Crippen molar-refractivity contribution in [2.45, 2.75) is 63.2 Å². The first-order valence-electron chi connectivity index (χ1n) is 7.76. The fourth-order valence-corrected chi connectivity index (χ4v) is 4.52. The Morgan fingerprint density at radius 1 is 1.25 bits per heavy atom. The summed E-state index contributed by atoms with van der Waals surface area (Å²) in [6, 6.07) is 9.79. The first kappa shape index (κ1) is 15.9. The maximum Gasteiger partial charge on any atom is 0.0288 e. The number of thioether (sulfide) groups is 1. The van der Waals surface area contributed by atoms with E-state index in [0.717, 1.165) is 6.42 Å². The van der Waals surface area contributed by atoms with Gasteiger partial charge < -0.3 is 5.32 Å². The molecule has 1 saturated heterocycles. The Morgan fingerprint density at radius 2 is 1.90 bits per heavy atom. The maximum absolute atomic E-state index is 3.56. The van der Waals surface area contributed by atoms with Crippen molar-refractivity contribution < 1.29 is 0 Å². The third-order valence-electron chi connectivity index (χ3n) is 4.59. The highest BCUT2D eigenvalue weighted by Gasteiger charge is 2.36. The van der Waals surface area contributed by atoms with E-state index in [0.29, 0.717) is 10.8 Å². The Morgan fingerprint density at radius 3 is 2.35 bits per heavy atom. The molecule has 0 aromatic heterocycles. The van der Waals surface area contributed by atoms with Gasteiger partial charge in [0.05, 0.1) is 0 Å². The van der Waals surface area contributed by atoms with Gasteiger partial charge in [-0.1, -0.05) is 45.0 Å². The number of hydrogen-bond donors (Lipinski definition) is 1. The summed E-state index contributed by atoms with van der Waals surface area (Å²) in [5.74, 6) is 1.32. The van der Waals surface area contributed by atoms with Gasteiger partial charge in [0.1, 0.15) is 0 Å². The molecule has 1 N–H and O–H groups in total. The highest BCUT2D eigenvalue weighted by atomic mass is 32.2. The van der Waals surface area contributed by atoms with E-state index >= 15 is 0 Å². The third kappa shape index (κ3) is 3.59. The molecule has 2 atom stereocenters. The molecule has 0 bridgehead atoms. The van der Waals surface area contributed by atoms with Crippen LogP contribution in [0.1, 0.15) is 51.7 Å². The van der Waals surface area contributed by atoms with Crippen LogP contribution in [0.25, 0.3) is 0 Å². The second-order valence-electron chi connectivity index (χ2n) is 7.26. The SMILES string of the molecule is CNC(Cc1ccc(C(C)(C)C)cc1)C1(C)CCCS1. The van der Waals surface area contributed by atoms with E-state index in [2.05, 4.69) is 76.1 Å². The zero-order valence-electron chi connectivity index (χ0n) is 13.6. The van der Waals surface area contributed by atoms with Crippen molar-refractivity contribution in [2.75, 3.05) is 12.8 Å². The molecule has 0 radical (unpaired) electrons. The highest BCUT2D eigenvalue weighted by molar-refractivity contribution is 8.00. The maximum atomic E-state index is 3.56. The Kier molecular flexibility index (Phi) is 4.86. The number of rotatable bonds is 4. The molecule has 2 heteroatoms. The monoisotopic (exact) mass is 291 g/mol. The van der Waals surface area contributed by atoms with Crippen molar-refractivity contribution in [3.05, 3.63) is 35.4 Å². The molecule has 112 valence electrons. The van der Waals surface area contributed by atoms with E-state index in [9.17, 15) is 0 Å². The average Bonchev–Trinajstić information content (AvgIpc) is 2.83. The molecule has 1 heterocycles. The molecule has 2 rings (SSSR count). The van der Waals surface area contributed by atoms with Gasteiger partial charge in [0.15, 0.2) is 0 Å². The Bertz CT molecular complexity index is 424. The molecule has 0 saturated carbocycles. The molecular weight excluding hydrogens is 262 g/mol. The summed E-state index contributed by atoms with van der Waals surface area (Å²) in [6.45, 7) is 9.24. The zero-order valence-corrected chi connectivity index (χ0v) is 14.4. The van der Waals surface area contributed by atoms with Gasteiger partial charge in [0.25, 0.3) is 0 Å². The number of hydrogen-bond acceptors (Lipinski definition) is 2. The van der Waals surface area contributed by atoms with Crippen LogP contribution in [-0.4, -0.2) is 23.6 Å². The molecule has 2 unspecified atom stereocenters. The standard InChI is InChI=1S/C18H29NS/c1-17(2,3)15-9-7-14(8-10-15)13-16(19-5)18(4)11-6-12-20-18/h7-10,16,19H,6,11-13H2,1-5H3. The summed E-state index contributed by atoms with van der Waals surface area (Å²) < 4.78 is 0.400. The molecule has 20 heavy (non-hydrogen) atoms. The van der Waals surface area contributed by atoms with Crippen LogP contribution >= 0.6 is 11.8 Å². The van der Waals surface area contributed by atoms with E-state index in [1.807, 2.05) is 0 Å². The van der Waals surface area contributed by atoms with Crippen molar-refractivity contribution >= 4 is 11.8 Å². The molecule has 0 amide bonds. The Labute approximate surface area is 128 Å². The summed E-state index contributed by atoms with van der Waals surface area (Å²) in [5, 5.41) is 3.56. The summed E-state index contributed by atoms with van der Waals surface area (Å²) >= 11 is 2.14. The number of nitrogens with one attached hydrogen (secondary N) is 1. The second-order valence-corrected chi connectivity index (χ2v) is 8.89. The van der Waals surface area contributed by atoms with E-state index in [1.165, 1.54) is 29.7 Å². The first-order valence-corrected chi connectivity index (χ1v) is 8.74. The molecule has 1 aromatic carbocycles. The van der Waals surface area contributed by atoms with E-state index in [1.54, 1.807) is 0 Å². The topological polar surface area (TPSA) is 12.0 Å². The van der Waals surface area contributed by atoms with Crippen molar-refractivity contribution in [3.8, 4) is 0 Å². The predicted molar refractivity (Wildman–Crippen MR) is 91.8 cm³/mol. The first-order chi connectivity index (χ1) is 9.35. The van der Waals surface area contributed by atoms with E-state index < -0.39 is 0 Å². The van der Waals surface area contributed by atoms with Crippen LogP contribution in [0.2, 0.25) is 0 Å². The summed E-state index contributed by atoms with van der Waals surface area (Å²) in [6.07, 6.45) is 3.83. The predicted octanol–water partition coefficient (Wildman–Crippen LogP) is 4.40. The van der Waals surface area contributed by atoms with Crippen LogP contribution in [0, 0.1) is 0 Å². The molecule has 1 aliphatic heterocycles. The fraction of sp³-hybridized carbons (Fsp3) is 0.667. The smallest absolute Gasteiger partial charge is 0.0288 e. The van der Waals surface area contributed by atoms with Crippen LogP contribution in [-0.2, 0) is 11.8 Å². The van der Waals surface area contributed by atoms with Gasteiger partial charge in [-0.2, -0.15) is 11.8 Å². The van der Waals surface area contributed by atoms with Crippen LogP contribution in [0.15, 0.2) is 24.3 Å². The molecule has 1 fully saturated rings. The minimum Gasteiger partial charge on any atom is -0.315 e. The van der Waals surface area contributed by atoms with Crippen LogP contribution in [0.4, 0.5) is 0 Å². The molecule has 0 spiro atoms. The normalized spacial score (nSPS) is 24.9. The van der Waals surface area contributed by atoms with Crippen molar-refractivity contribution in [3.63, 3.8) is 0 Å². The molecule has 0 aliphatic carbocycles. The van der Waals surface area contributed by atoms with Gasteiger partial charge in [-0.15, -0.1) is 0 Å². The third-order valence-corrected chi connectivity index (χ3v) is 6.24. The minimum atomic E-state index is 0.244. The van der Waals surface area contributed by atoms with Gasteiger partial charge in [-0.3, -0.25) is 0 Å². The molecular formula is C18H29NS. The van der Waals surface area contributed by atoms with Gasteiger partial charge in [0, 0.05) is 10.8 Å². The second kappa shape index (κ2) is 6.11. The lowest BCUT2D eigenvalue weighted by Gasteiger charge is -2.33. The minimum absolute atomic E-state index is 0.244. The van der Waals surface area contributed by atoms with Crippen molar-refractivity contribution in [1.29, 1.82) is 0 Å². The fourth-order valence-electron chi connectivity index (χ4n) is 3.08. The average molecular weight is 292 g/mol. The van der Waals surface area contributed by atoms with Crippen LogP contribution in [0.5, 0.6) is 0 Å². The Hall–Kier alpha value is -0.470. The van der Waals surface area contributed by atoms with E-state index in [4.69, 9.17) is 0 Å². The zero-order chi connectivity index (χ0) is 14.8. The highest BCUT2D eigenvalue weighted by Crippen LogP contribution is 2.41. The molecule has 1 nitrogen and oxygen atoms in total. The van der Waals surface area contributed by atoms with Crippen LogP contribution < -0.4 is 5.32 Å². The molecule has 1 aliphatic rings. The lowest BCUT2D eigenvalue weighted by atomic mass is 9.85. The Balaban J connectivity index is 2.08.